The van der Waals surface area contributed by atoms with Crippen LogP contribution in [0.1, 0.15) is 65.2 Å². The van der Waals surface area contributed by atoms with E-state index >= 15 is 0 Å². The number of carbonyl (C=O) groups excluding carboxylic acids is 1. The first kappa shape index (κ1) is 23.5. The fourth-order valence-corrected chi connectivity index (χ4v) is 15.0. The van der Waals surface area contributed by atoms with Crippen molar-refractivity contribution in [3.63, 3.8) is 0 Å². The van der Waals surface area contributed by atoms with E-state index in [9.17, 15) is 4.79 Å². The molecule has 0 radical (unpaired) electrons. The van der Waals surface area contributed by atoms with Gasteiger partial charge >= 0.3 is 0 Å². The lowest BCUT2D eigenvalue weighted by Crippen LogP contribution is -2.54. The fraction of sp³-hybridized carbons (Fsp3) is 0.607. The number of ketones is 1. The van der Waals surface area contributed by atoms with E-state index in [2.05, 4.69) is 32.6 Å². The summed E-state index contributed by atoms with van der Waals surface area (Å²) in [5, 5.41) is 1.11. The Morgan fingerprint density at radius 1 is 1.09 bits per heavy atom. The molecule has 3 nitrogen and oxygen atoms in total. The molecular weight excluding hydrogens is 479 g/mol. The monoisotopic (exact) mass is 514 g/mol. The van der Waals surface area contributed by atoms with Crippen LogP contribution in [0.4, 0.5) is 0 Å². The van der Waals surface area contributed by atoms with E-state index in [1.54, 1.807) is 18.5 Å². The van der Waals surface area contributed by atoms with Gasteiger partial charge in [-0.2, -0.15) is 0 Å². The lowest BCUT2D eigenvalue weighted by Gasteiger charge is -2.59. The lowest BCUT2D eigenvalue weighted by molar-refractivity contribution is -0.118. The zero-order valence-electron chi connectivity index (χ0n) is 20.5. The maximum atomic E-state index is 12.2. The van der Waals surface area contributed by atoms with Crippen molar-refractivity contribution in [2.75, 3.05) is 7.11 Å². The zero-order chi connectivity index (χ0) is 23.9. The van der Waals surface area contributed by atoms with Crippen LogP contribution in [0.5, 0.6) is 5.75 Å². The molecule has 1 spiro atoms. The fourth-order valence-electron chi connectivity index (χ4n) is 8.53. The Bertz CT molecular complexity index is 1140. The highest BCUT2D eigenvalue weighted by Crippen LogP contribution is 2.81. The molecule has 6 heteroatoms. The summed E-state index contributed by atoms with van der Waals surface area (Å²) in [4.78, 5) is 13.3. The van der Waals surface area contributed by atoms with Gasteiger partial charge in [0.05, 0.1) is 7.11 Å². The minimum absolute atomic E-state index is 0.0767. The Morgan fingerprint density at radius 3 is 2.56 bits per heavy atom. The first-order valence-corrected chi connectivity index (χ1v) is 16.9. The van der Waals surface area contributed by atoms with Crippen molar-refractivity contribution in [1.82, 2.24) is 0 Å². The normalized spacial score (nSPS) is 45.5. The maximum Gasteiger partial charge on any atom is 0.155 e. The van der Waals surface area contributed by atoms with Gasteiger partial charge in [0.15, 0.2) is 11.2 Å². The molecule has 1 saturated heterocycles. The molecule has 182 valence electrons. The van der Waals surface area contributed by atoms with Crippen molar-refractivity contribution in [3.8, 4) is 5.75 Å². The van der Waals surface area contributed by atoms with Gasteiger partial charge in [0.1, 0.15) is 11.4 Å². The molecule has 5 aliphatic rings. The van der Waals surface area contributed by atoms with Gasteiger partial charge in [-0.1, -0.05) is 49.2 Å². The third-order valence-corrected chi connectivity index (χ3v) is 16.5. The van der Waals surface area contributed by atoms with Gasteiger partial charge in [-0.3, -0.25) is 4.79 Å². The molecule has 0 bridgehead atoms. The van der Waals surface area contributed by atoms with Crippen LogP contribution in [0.2, 0.25) is 0 Å². The summed E-state index contributed by atoms with van der Waals surface area (Å²) in [6.45, 7) is 9.55. The number of fused-ring (bicyclic) bond motifs is 6. The Hall–Kier alpha value is -0.870. The van der Waals surface area contributed by atoms with Gasteiger partial charge in [-0.05, 0) is 98.5 Å². The standard InChI is InChI=1S/C28H35O3PS2/c1-18-28(31-32(33,34-18)22-8-6-21(30-4)7-9-22)16-13-25-23-10-5-19-17-20(29)11-14-26(19,2)24(23)12-15-27(25,28)3/h6-9,17,23-25H,1,5,10-16H2,2-4H3/t23-,24+,25+,26+,27+,28+,32?/m1/s1. The number of allylic oxidation sites excluding steroid dienone is 1. The highest BCUT2D eigenvalue weighted by Gasteiger charge is 2.69. The Labute approximate surface area is 213 Å². The average molecular weight is 515 g/mol. The summed E-state index contributed by atoms with van der Waals surface area (Å²) in [7, 11) is 1.69. The largest absolute Gasteiger partial charge is 0.497 e. The van der Waals surface area contributed by atoms with Crippen LogP contribution in [0, 0.1) is 28.6 Å². The molecule has 1 unspecified atom stereocenters. The molecule has 1 heterocycles. The van der Waals surface area contributed by atoms with Crippen LogP contribution in [-0.2, 0) is 21.1 Å². The minimum atomic E-state index is -2.26. The van der Waals surface area contributed by atoms with Gasteiger partial charge in [-0.15, -0.1) is 0 Å². The van der Waals surface area contributed by atoms with Crippen LogP contribution in [-0.4, -0.2) is 18.5 Å². The molecule has 0 amide bonds. The predicted octanol–water partition coefficient (Wildman–Crippen LogP) is 7.18. The summed E-state index contributed by atoms with van der Waals surface area (Å²) in [6, 6.07) is 8.16. The number of hydrogen-bond acceptors (Lipinski definition) is 5. The van der Waals surface area contributed by atoms with E-state index in [1.807, 2.05) is 18.2 Å². The predicted molar refractivity (Wildman–Crippen MR) is 144 cm³/mol. The number of ether oxygens (including phenoxy) is 1. The molecule has 4 fully saturated rings. The van der Waals surface area contributed by atoms with Gasteiger partial charge in [0, 0.05) is 22.0 Å². The smallest absolute Gasteiger partial charge is 0.155 e. The number of benzene rings is 1. The van der Waals surface area contributed by atoms with Crippen molar-refractivity contribution in [3.05, 3.63) is 47.4 Å². The molecule has 0 aromatic heterocycles. The molecular formula is C28H35O3PS2. The lowest BCUT2D eigenvalue weighted by atomic mass is 9.46. The van der Waals surface area contributed by atoms with E-state index in [1.165, 1.54) is 29.7 Å². The van der Waals surface area contributed by atoms with E-state index in [0.717, 1.165) is 43.2 Å². The number of rotatable bonds is 2. The summed E-state index contributed by atoms with van der Waals surface area (Å²) in [5.74, 6) is 3.20. The first-order valence-electron chi connectivity index (χ1n) is 12.7. The van der Waals surface area contributed by atoms with E-state index in [0.29, 0.717) is 23.5 Å². The Morgan fingerprint density at radius 2 is 1.82 bits per heavy atom. The third kappa shape index (κ3) is 3.06. The molecule has 3 saturated carbocycles. The molecule has 34 heavy (non-hydrogen) atoms. The van der Waals surface area contributed by atoms with Crippen LogP contribution in [0.3, 0.4) is 0 Å². The van der Waals surface area contributed by atoms with Crippen molar-refractivity contribution >= 4 is 39.7 Å². The minimum Gasteiger partial charge on any atom is -0.497 e. The van der Waals surface area contributed by atoms with Gasteiger partial charge in [0.25, 0.3) is 0 Å². The number of hydrogen-bond donors (Lipinski definition) is 0. The molecule has 6 rings (SSSR count). The van der Waals surface area contributed by atoms with Crippen LogP contribution < -0.4 is 10.0 Å². The Balaban J connectivity index is 1.32. The second-order valence-electron chi connectivity index (χ2n) is 11.6. The van der Waals surface area contributed by atoms with E-state index in [4.69, 9.17) is 21.1 Å². The molecule has 1 aromatic rings. The molecule has 4 aliphatic carbocycles. The number of methoxy groups -OCH3 is 1. The van der Waals surface area contributed by atoms with Crippen molar-refractivity contribution in [2.45, 2.75) is 70.8 Å². The van der Waals surface area contributed by atoms with Gasteiger partial charge in [-0.25, -0.2) is 0 Å². The van der Waals surface area contributed by atoms with Crippen LogP contribution >= 0.6 is 16.8 Å². The highest BCUT2D eigenvalue weighted by atomic mass is 32.9. The summed E-state index contributed by atoms with van der Waals surface area (Å²) in [6.07, 6.45) is 10.7. The summed E-state index contributed by atoms with van der Waals surface area (Å²) in [5.41, 5.74) is -0.861. The maximum absolute atomic E-state index is 12.2. The third-order valence-electron chi connectivity index (χ3n) is 10.4. The summed E-state index contributed by atoms with van der Waals surface area (Å²) < 4.78 is 12.5. The molecule has 1 aromatic carbocycles. The molecule has 1 aliphatic heterocycles. The van der Waals surface area contributed by atoms with Crippen molar-refractivity contribution in [2.24, 2.45) is 28.6 Å². The van der Waals surface area contributed by atoms with Crippen molar-refractivity contribution < 1.29 is 14.1 Å². The van der Waals surface area contributed by atoms with E-state index < -0.39 is 5.47 Å². The van der Waals surface area contributed by atoms with E-state index in [-0.39, 0.29) is 16.4 Å². The summed E-state index contributed by atoms with van der Waals surface area (Å²) >= 11 is 8.03. The zero-order valence-corrected chi connectivity index (χ0v) is 23.0. The average Bonchev–Trinajstić information content (AvgIpc) is 3.27. The molecule has 0 N–H and O–H groups in total. The first-order chi connectivity index (χ1) is 16.2. The van der Waals surface area contributed by atoms with Crippen molar-refractivity contribution in [1.29, 1.82) is 0 Å². The highest BCUT2D eigenvalue weighted by molar-refractivity contribution is 8.73. The second-order valence-corrected chi connectivity index (χ2v) is 18.3. The topological polar surface area (TPSA) is 35.5 Å². The van der Waals surface area contributed by atoms with Crippen LogP contribution in [0.25, 0.3) is 0 Å². The Kier molecular flexibility index (Phi) is 5.41. The SMILES string of the molecule is C=C1SP(=S)(c2ccc(OC)cc2)O[C@@]12CC[C@H]1[C@@H]3CCC4=CC(=O)CC[C@]4(C)[C@H]3CC[C@@]12C. The molecule has 7 atom stereocenters. The number of carbonyl (C=O) groups is 1. The van der Waals surface area contributed by atoms with Crippen LogP contribution in [0.15, 0.2) is 47.4 Å². The van der Waals surface area contributed by atoms with Gasteiger partial charge in [0.2, 0.25) is 0 Å². The van der Waals surface area contributed by atoms with Gasteiger partial charge < -0.3 is 9.26 Å². The quantitative estimate of drug-likeness (QED) is 0.391. The second kappa shape index (κ2) is 7.81.